The molecule has 3 rings (SSSR count). The van der Waals surface area contributed by atoms with E-state index < -0.39 is 6.10 Å². The van der Waals surface area contributed by atoms with E-state index in [9.17, 15) is 5.11 Å². The first-order valence-corrected chi connectivity index (χ1v) is 10.2. The highest BCUT2D eigenvalue weighted by molar-refractivity contribution is 9.10. The van der Waals surface area contributed by atoms with Crippen LogP contribution in [-0.4, -0.2) is 5.11 Å². The van der Waals surface area contributed by atoms with Crippen molar-refractivity contribution in [2.45, 2.75) is 25.5 Å². The second kappa shape index (κ2) is 9.11. The zero-order chi connectivity index (χ0) is 19.4. The van der Waals surface area contributed by atoms with Gasteiger partial charge in [-0.3, -0.25) is 0 Å². The molecule has 5 heteroatoms. The van der Waals surface area contributed by atoms with Crippen LogP contribution in [0.25, 0.3) is 0 Å². The number of hydrogen-bond acceptors (Lipinski definition) is 2. The number of aliphatic hydroxyl groups excluding tert-OH is 1. The Labute approximate surface area is 178 Å². The van der Waals surface area contributed by atoms with Gasteiger partial charge in [-0.25, -0.2) is 0 Å². The third-order valence-corrected chi connectivity index (χ3v) is 5.72. The molecule has 2 unspecified atom stereocenters. The lowest BCUT2D eigenvalue weighted by atomic mass is 9.96. The highest BCUT2D eigenvalue weighted by Gasteiger charge is 2.19. The van der Waals surface area contributed by atoms with Gasteiger partial charge in [0.1, 0.15) is 0 Å². The van der Waals surface area contributed by atoms with Crippen LogP contribution in [0.3, 0.4) is 0 Å². The van der Waals surface area contributed by atoms with Gasteiger partial charge in [0.05, 0.1) is 22.2 Å². The summed E-state index contributed by atoms with van der Waals surface area (Å²) in [7, 11) is 0. The SMILES string of the molecule is Cc1ccc(NC(CC(O)c2ccc(Br)cc2)c2ccc(Cl)c(Cl)c2)cc1. The lowest BCUT2D eigenvalue weighted by molar-refractivity contribution is 0.160. The van der Waals surface area contributed by atoms with Gasteiger partial charge in [-0.15, -0.1) is 0 Å². The molecule has 3 aromatic carbocycles. The zero-order valence-corrected chi connectivity index (χ0v) is 17.9. The number of aliphatic hydroxyl groups is 1. The van der Waals surface area contributed by atoms with Crippen molar-refractivity contribution < 1.29 is 5.11 Å². The van der Waals surface area contributed by atoms with Crippen molar-refractivity contribution >= 4 is 44.8 Å². The maximum absolute atomic E-state index is 10.8. The number of nitrogens with one attached hydrogen (secondary N) is 1. The van der Waals surface area contributed by atoms with Crippen molar-refractivity contribution in [3.8, 4) is 0 Å². The van der Waals surface area contributed by atoms with Gasteiger partial charge in [0.15, 0.2) is 0 Å². The Hall–Kier alpha value is -1.52. The summed E-state index contributed by atoms with van der Waals surface area (Å²) in [5, 5.41) is 15.3. The molecule has 0 aliphatic heterocycles. The quantitative estimate of drug-likeness (QED) is 0.399. The average Bonchev–Trinajstić information content (AvgIpc) is 2.65. The monoisotopic (exact) mass is 463 g/mol. The summed E-state index contributed by atoms with van der Waals surface area (Å²) in [6.07, 6.45) is -0.122. The van der Waals surface area contributed by atoms with Gasteiger partial charge in [-0.1, -0.05) is 75.0 Å². The number of rotatable bonds is 6. The molecular weight excluding hydrogens is 445 g/mol. The van der Waals surface area contributed by atoms with Crippen LogP contribution >= 0.6 is 39.1 Å². The molecule has 2 nitrogen and oxygen atoms in total. The Kier molecular flexibility index (Phi) is 6.83. The van der Waals surface area contributed by atoms with Gasteiger partial charge in [0, 0.05) is 16.6 Å². The third-order valence-electron chi connectivity index (χ3n) is 4.45. The van der Waals surface area contributed by atoms with E-state index >= 15 is 0 Å². The van der Waals surface area contributed by atoms with E-state index in [0.717, 1.165) is 21.3 Å². The average molecular weight is 465 g/mol. The molecule has 0 aromatic heterocycles. The smallest absolute Gasteiger partial charge is 0.0813 e. The molecule has 0 saturated carbocycles. The van der Waals surface area contributed by atoms with Crippen molar-refractivity contribution in [2.24, 2.45) is 0 Å². The standard InChI is InChI=1S/C22H20BrCl2NO/c1-14-2-9-18(10-3-14)26-21(16-6-11-19(24)20(25)12-16)13-22(27)15-4-7-17(23)8-5-15/h2-12,21-22,26-27H,13H2,1H3. The second-order valence-corrected chi connectivity index (χ2v) is 8.27. The molecule has 0 aliphatic rings. The molecular formula is C22H20BrCl2NO. The molecule has 0 radical (unpaired) electrons. The highest BCUT2D eigenvalue weighted by atomic mass is 79.9. The maximum Gasteiger partial charge on any atom is 0.0813 e. The second-order valence-electron chi connectivity index (χ2n) is 6.54. The van der Waals surface area contributed by atoms with Crippen LogP contribution in [0.4, 0.5) is 5.69 Å². The van der Waals surface area contributed by atoms with Crippen molar-refractivity contribution in [3.05, 3.63) is 97.9 Å². The molecule has 2 atom stereocenters. The van der Waals surface area contributed by atoms with Crippen molar-refractivity contribution in [3.63, 3.8) is 0 Å². The van der Waals surface area contributed by atoms with Gasteiger partial charge < -0.3 is 10.4 Å². The van der Waals surface area contributed by atoms with E-state index in [0.29, 0.717) is 16.5 Å². The molecule has 140 valence electrons. The first-order valence-electron chi connectivity index (χ1n) is 8.64. The predicted molar refractivity (Wildman–Crippen MR) is 118 cm³/mol. The van der Waals surface area contributed by atoms with Crippen molar-refractivity contribution in [1.82, 2.24) is 0 Å². The maximum atomic E-state index is 10.8. The van der Waals surface area contributed by atoms with E-state index in [2.05, 4.69) is 40.3 Å². The fourth-order valence-electron chi connectivity index (χ4n) is 2.90. The molecule has 27 heavy (non-hydrogen) atoms. The minimum atomic E-state index is -0.615. The Morgan fingerprint density at radius 3 is 2.15 bits per heavy atom. The molecule has 3 aromatic rings. The number of hydrogen-bond donors (Lipinski definition) is 2. The van der Waals surface area contributed by atoms with E-state index in [1.165, 1.54) is 5.56 Å². The minimum Gasteiger partial charge on any atom is -0.388 e. The lowest BCUT2D eigenvalue weighted by Crippen LogP contribution is -2.15. The van der Waals surface area contributed by atoms with Gasteiger partial charge in [-0.05, 0) is 54.4 Å². The van der Waals surface area contributed by atoms with Crippen LogP contribution in [0.5, 0.6) is 0 Å². The first-order chi connectivity index (χ1) is 12.9. The molecule has 0 amide bonds. The molecule has 0 spiro atoms. The van der Waals surface area contributed by atoms with Crippen LogP contribution in [-0.2, 0) is 0 Å². The summed E-state index contributed by atoms with van der Waals surface area (Å²) in [6.45, 7) is 2.05. The largest absolute Gasteiger partial charge is 0.388 e. The summed E-state index contributed by atoms with van der Waals surface area (Å²) >= 11 is 15.7. The fraction of sp³-hybridized carbons (Fsp3) is 0.182. The number of halogens is 3. The number of benzene rings is 3. The van der Waals surface area contributed by atoms with E-state index in [-0.39, 0.29) is 6.04 Å². The first kappa shape index (κ1) is 20.2. The Balaban J connectivity index is 1.87. The van der Waals surface area contributed by atoms with Gasteiger partial charge in [0.2, 0.25) is 0 Å². The number of anilines is 1. The normalized spacial score (nSPS) is 13.2. The molecule has 0 fully saturated rings. The molecule has 0 bridgehead atoms. The van der Waals surface area contributed by atoms with Crippen molar-refractivity contribution in [2.75, 3.05) is 5.32 Å². The Morgan fingerprint density at radius 2 is 1.52 bits per heavy atom. The topological polar surface area (TPSA) is 32.3 Å². The van der Waals surface area contributed by atoms with Gasteiger partial charge >= 0.3 is 0 Å². The minimum absolute atomic E-state index is 0.124. The summed E-state index contributed by atoms with van der Waals surface area (Å²) in [5.41, 5.74) is 4.02. The van der Waals surface area contributed by atoms with E-state index in [1.807, 2.05) is 48.5 Å². The Morgan fingerprint density at radius 1 is 0.889 bits per heavy atom. The zero-order valence-electron chi connectivity index (χ0n) is 14.8. The molecule has 0 aliphatic carbocycles. The summed E-state index contributed by atoms with van der Waals surface area (Å²) in [4.78, 5) is 0. The highest BCUT2D eigenvalue weighted by Crippen LogP contribution is 2.33. The summed E-state index contributed by atoms with van der Waals surface area (Å²) < 4.78 is 0.984. The van der Waals surface area contributed by atoms with Crippen LogP contribution in [0, 0.1) is 6.92 Å². The lowest BCUT2D eigenvalue weighted by Gasteiger charge is -2.24. The summed E-state index contributed by atoms with van der Waals surface area (Å²) in [5.74, 6) is 0. The fourth-order valence-corrected chi connectivity index (χ4v) is 3.47. The predicted octanol–water partition coefficient (Wildman–Crippen LogP) is 7.34. The Bertz CT molecular complexity index is 897. The van der Waals surface area contributed by atoms with Crippen LogP contribution in [0.2, 0.25) is 10.0 Å². The van der Waals surface area contributed by atoms with Crippen LogP contribution < -0.4 is 5.32 Å². The summed E-state index contributed by atoms with van der Waals surface area (Å²) in [6, 6.07) is 21.3. The number of aryl methyl sites for hydroxylation is 1. The van der Waals surface area contributed by atoms with Crippen LogP contribution in [0.15, 0.2) is 71.2 Å². The molecule has 0 saturated heterocycles. The van der Waals surface area contributed by atoms with Gasteiger partial charge in [-0.2, -0.15) is 0 Å². The third kappa shape index (κ3) is 5.49. The van der Waals surface area contributed by atoms with Gasteiger partial charge in [0.25, 0.3) is 0 Å². The van der Waals surface area contributed by atoms with E-state index in [4.69, 9.17) is 23.2 Å². The molecule has 2 N–H and O–H groups in total. The van der Waals surface area contributed by atoms with Crippen LogP contribution in [0.1, 0.15) is 35.3 Å². The van der Waals surface area contributed by atoms with E-state index in [1.54, 1.807) is 6.07 Å². The van der Waals surface area contributed by atoms with Crippen molar-refractivity contribution in [1.29, 1.82) is 0 Å². The molecule has 0 heterocycles.